The third kappa shape index (κ3) is 11.5. The van der Waals surface area contributed by atoms with E-state index in [1.165, 1.54) is 6.42 Å². The van der Waals surface area contributed by atoms with E-state index in [2.05, 4.69) is 6.92 Å². The number of halogens is 6. The van der Waals surface area contributed by atoms with E-state index < -0.39 is 29.5 Å². The lowest BCUT2D eigenvalue weighted by atomic mass is 9.91. The molecule has 0 saturated heterocycles. The molecule has 35 heavy (non-hydrogen) atoms. The first-order valence-electron chi connectivity index (χ1n) is 12.7. The molecule has 0 heterocycles. The quantitative estimate of drug-likeness (QED) is 0.129. The number of unbranched alkanes of at least 4 members (excludes halogenated alkanes) is 6. The molecule has 3 nitrogen and oxygen atoms in total. The standard InChI is InChI=1S/C26H40F6O3/c1-4-7-8-9-10-11-15-21(26(33,34-5-2)35-6-3)16-13-12-14-20-17-22(24(27,28)29)19-23(18-20)25(30,31)32/h17-19,21,33H,4-16H2,1-3H3. The van der Waals surface area contributed by atoms with Gasteiger partial charge in [0.05, 0.1) is 11.1 Å². The van der Waals surface area contributed by atoms with Crippen molar-refractivity contribution in [2.24, 2.45) is 5.92 Å². The Bertz CT molecular complexity index is 680. The minimum absolute atomic E-state index is 0.00972. The summed E-state index contributed by atoms with van der Waals surface area (Å²) in [5.41, 5.74) is -2.61. The number of aryl methyl sites for hydroxylation is 1. The summed E-state index contributed by atoms with van der Waals surface area (Å²) < 4.78 is 89.7. The Balaban J connectivity index is 2.83. The van der Waals surface area contributed by atoms with Crippen molar-refractivity contribution >= 4 is 0 Å². The van der Waals surface area contributed by atoms with Crippen molar-refractivity contribution in [1.82, 2.24) is 0 Å². The van der Waals surface area contributed by atoms with Crippen molar-refractivity contribution in [2.75, 3.05) is 13.2 Å². The highest BCUT2D eigenvalue weighted by Gasteiger charge is 2.38. The normalized spacial score (nSPS) is 13.9. The third-order valence-electron chi connectivity index (χ3n) is 6.04. The Morgan fingerprint density at radius 2 is 1.14 bits per heavy atom. The molecular weight excluding hydrogens is 474 g/mol. The summed E-state index contributed by atoms with van der Waals surface area (Å²) in [6.45, 7) is 6.13. The monoisotopic (exact) mass is 514 g/mol. The second-order valence-corrected chi connectivity index (χ2v) is 8.91. The molecule has 0 amide bonds. The van der Waals surface area contributed by atoms with Gasteiger partial charge in [0.1, 0.15) is 0 Å². The molecule has 1 N–H and O–H groups in total. The first kappa shape index (κ1) is 31.7. The number of benzene rings is 1. The maximum atomic E-state index is 13.1. The SMILES string of the molecule is CCCCCCCCC(CCCCc1cc(C(F)(F)F)cc(C(F)(F)F)c1)C(O)(OCC)OCC. The molecule has 0 aliphatic heterocycles. The van der Waals surface area contributed by atoms with Gasteiger partial charge in [-0.05, 0) is 63.3 Å². The van der Waals surface area contributed by atoms with Gasteiger partial charge in [0.25, 0.3) is 5.97 Å². The molecule has 1 aromatic rings. The van der Waals surface area contributed by atoms with Crippen molar-refractivity contribution in [3.63, 3.8) is 0 Å². The Kier molecular flexibility index (Phi) is 13.6. The molecule has 1 atom stereocenters. The van der Waals surface area contributed by atoms with Crippen LogP contribution in [0.15, 0.2) is 18.2 Å². The Labute approximate surface area is 205 Å². The highest BCUT2D eigenvalue weighted by molar-refractivity contribution is 5.33. The van der Waals surface area contributed by atoms with Gasteiger partial charge in [0.2, 0.25) is 0 Å². The van der Waals surface area contributed by atoms with Crippen LogP contribution in [0.1, 0.15) is 102 Å². The van der Waals surface area contributed by atoms with Gasteiger partial charge in [0, 0.05) is 19.1 Å². The zero-order valence-corrected chi connectivity index (χ0v) is 21.0. The van der Waals surface area contributed by atoms with Crippen LogP contribution >= 0.6 is 0 Å². The van der Waals surface area contributed by atoms with Crippen LogP contribution in [0.4, 0.5) is 26.3 Å². The van der Waals surface area contributed by atoms with Gasteiger partial charge in [-0.2, -0.15) is 26.3 Å². The molecule has 0 bridgehead atoms. The summed E-state index contributed by atoms with van der Waals surface area (Å²) in [4.78, 5) is 0. The third-order valence-corrected chi connectivity index (χ3v) is 6.04. The molecule has 0 spiro atoms. The van der Waals surface area contributed by atoms with Crippen molar-refractivity contribution < 1.29 is 40.9 Å². The van der Waals surface area contributed by atoms with Crippen LogP contribution < -0.4 is 0 Å². The topological polar surface area (TPSA) is 38.7 Å². The zero-order chi connectivity index (χ0) is 26.5. The summed E-state index contributed by atoms with van der Waals surface area (Å²) in [6, 6.07) is 1.70. The van der Waals surface area contributed by atoms with Crippen LogP contribution in [0.3, 0.4) is 0 Å². The molecule has 1 aromatic carbocycles. The van der Waals surface area contributed by atoms with Gasteiger partial charge in [-0.25, -0.2) is 0 Å². The predicted molar refractivity (Wildman–Crippen MR) is 124 cm³/mol. The van der Waals surface area contributed by atoms with E-state index in [9.17, 15) is 31.4 Å². The molecule has 0 saturated carbocycles. The van der Waals surface area contributed by atoms with E-state index in [0.717, 1.165) is 44.2 Å². The van der Waals surface area contributed by atoms with E-state index in [4.69, 9.17) is 9.47 Å². The van der Waals surface area contributed by atoms with Crippen molar-refractivity contribution in [1.29, 1.82) is 0 Å². The Hall–Kier alpha value is -1.32. The number of alkyl halides is 6. The molecular formula is C26H40F6O3. The summed E-state index contributed by atoms with van der Waals surface area (Å²) in [7, 11) is 0. The Morgan fingerprint density at radius 1 is 0.686 bits per heavy atom. The lowest BCUT2D eigenvalue weighted by Crippen LogP contribution is -2.44. The molecule has 0 aromatic heterocycles. The molecule has 1 rings (SSSR count). The van der Waals surface area contributed by atoms with Crippen molar-refractivity contribution in [3.05, 3.63) is 34.9 Å². The average molecular weight is 515 g/mol. The van der Waals surface area contributed by atoms with Gasteiger partial charge in [-0.1, -0.05) is 51.9 Å². The average Bonchev–Trinajstić information content (AvgIpc) is 2.76. The summed E-state index contributed by atoms with van der Waals surface area (Å²) in [5.74, 6) is -2.10. The van der Waals surface area contributed by atoms with E-state index in [1.807, 2.05) is 0 Å². The molecule has 0 aliphatic carbocycles. The first-order valence-corrected chi connectivity index (χ1v) is 12.7. The highest BCUT2D eigenvalue weighted by atomic mass is 19.4. The van der Waals surface area contributed by atoms with E-state index in [0.29, 0.717) is 25.7 Å². The maximum absolute atomic E-state index is 13.1. The summed E-state index contributed by atoms with van der Waals surface area (Å²) in [5, 5.41) is 11.0. The van der Waals surface area contributed by atoms with Crippen molar-refractivity contribution in [3.8, 4) is 0 Å². The van der Waals surface area contributed by atoms with Gasteiger partial charge in [0.15, 0.2) is 0 Å². The summed E-state index contributed by atoms with van der Waals surface area (Å²) >= 11 is 0. The minimum atomic E-state index is -4.86. The highest BCUT2D eigenvalue weighted by Crippen LogP contribution is 2.37. The smallest absolute Gasteiger partial charge is 0.343 e. The number of hydrogen-bond donors (Lipinski definition) is 1. The lowest BCUT2D eigenvalue weighted by Gasteiger charge is -2.35. The van der Waals surface area contributed by atoms with E-state index in [-0.39, 0.29) is 37.2 Å². The number of hydrogen-bond acceptors (Lipinski definition) is 3. The van der Waals surface area contributed by atoms with E-state index >= 15 is 0 Å². The maximum Gasteiger partial charge on any atom is 0.416 e. The molecule has 0 aliphatic rings. The van der Waals surface area contributed by atoms with Crippen LogP contribution in [-0.2, 0) is 28.2 Å². The zero-order valence-electron chi connectivity index (χ0n) is 21.0. The number of aliphatic hydroxyl groups is 1. The summed E-state index contributed by atoms with van der Waals surface area (Å²) in [6.07, 6.45) is -1.18. The van der Waals surface area contributed by atoms with Crippen LogP contribution in [0, 0.1) is 5.92 Å². The molecule has 0 radical (unpaired) electrons. The fourth-order valence-corrected chi connectivity index (χ4v) is 4.25. The van der Waals surface area contributed by atoms with Gasteiger partial charge in [-0.15, -0.1) is 0 Å². The predicted octanol–water partition coefficient (Wildman–Crippen LogP) is 8.52. The van der Waals surface area contributed by atoms with Crippen LogP contribution in [0.25, 0.3) is 0 Å². The van der Waals surface area contributed by atoms with Gasteiger partial charge < -0.3 is 14.6 Å². The number of ether oxygens (including phenoxy) is 2. The largest absolute Gasteiger partial charge is 0.416 e. The molecule has 204 valence electrons. The fraction of sp³-hybridized carbons (Fsp3) is 0.769. The minimum Gasteiger partial charge on any atom is -0.343 e. The second kappa shape index (κ2) is 15.1. The van der Waals surface area contributed by atoms with Gasteiger partial charge >= 0.3 is 12.4 Å². The fourth-order valence-electron chi connectivity index (χ4n) is 4.25. The molecule has 1 unspecified atom stereocenters. The molecule has 9 heteroatoms. The van der Waals surface area contributed by atoms with Crippen molar-refractivity contribution in [2.45, 2.75) is 110 Å². The van der Waals surface area contributed by atoms with E-state index in [1.54, 1.807) is 13.8 Å². The molecule has 0 fully saturated rings. The first-order chi connectivity index (χ1) is 16.4. The number of rotatable bonds is 17. The van der Waals surface area contributed by atoms with Crippen LogP contribution in [0.2, 0.25) is 0 Å². The lowest BCUT2D eigenvalue weighted by molar-refractivity contribution is -0.385. The van der Waals surface area contributed by atoms with Crippen LogP contribution in [-0.4, -0.2) is 24.3 Å². The van der Waals surface area contributed by atoms with Gasteiger partial charge in [-0.3, -0.25) is 0 Å². The van der Waals surface area contributed by atoms with Crippen LogP contribution in [0.5, 0.6) is 0 Å². The second-order valence-electron chi connectivity index (χ2n) is 8.91. The Morgan fingerprint density at radius 3 is 1.60 bits per heavy atom.